The summed E-state index contributed by atoms with van der Waals surface area (Å²) in [5, 5.41) is 12.2. The molecule has 1 aliphatic rings. The molecule has 0 radical (unpaired) electrons. The molecule has 1 aromatic carbocycles. The highest BCUT2D eigenvalue weighted by molar-refractivity contribution is 7.99. The minimum Gasteiger partial charge on any atom is -0.435 e. The van der Waals surface area contributed by atoms with Gasteiger partial charge in [-0.2, -0.15) is 8.78 Å². The molecule has 4 rings (SSSR count). The van der Waals surface area contributed by atoms with E-state index in [1.54, 1.807) is 0 Å². The number of carbonyl (C=O) groups excluding carboxylic acids is 1. The van der Waals surface area contributed by atoms with E-state index in [9.17, 15) is 13.6 Å². The predicted molar refractivity (Wildman–Crippen MR) is 114 cm³/mol. The minimum atomic E-state index is -2.88. The van der Waals surface area contributed by atoms with Crippen molar-refractivity contribution in [2.75, 3.05) is 11.1 Å². The first kappa shape index (κ1) is 21.4. The number of benzene rings is 1. The standard InChI is InChI=1S/C21H23F2N5O2S/c22-20(23)30-17-10-8-16(9-11-17)24-18(29)14-31-21-26-25-19(15-6-2-1-3-7-15)28(21)27-12-4-5-13-27/h4-5,8-13,15,20H,1-3,6-7,14H2,(H,24,29). The summed E-state index contributed by atoms with van der Waals surface area (Å²) in [5.41, 5.74) is 0.502. The number of ether oxygens (including phenoxy) is 1. The molecule has 0 unspecified atom stereocenters. The van der Waals surface area contributed by atoms with Crippen LogP contribution in [0.1, 0.15) is 43.8 Å². The van der Waals surface area contributed by atoms with Crippen LogP contribution in [0.5, 0.6) is 5.75 Å². The molecule has 1 fully saturated rings. The maximum atomic E-state index is 12.4. The van der Waals surface area contributed by atoms with Gasteiger partial charge in [0.25, 0.3) is 0 Å². The van der Waals surface area contributed by atoms with E-state index in [2.05, 4.69) is 20.3 Å². The van der Waals surface area contributed by atoms with Crippen molar-refractivity contribution in [1.82, 2.24) is 19.5 Å². The predicted octanol–water partition coefficient (Wildman–Crippen LogP) is 4.77. The molecule has 2 heterocycles. The first-order valence-corrected chi connectivity index (χ1v) is 11.1. The zero-order chi connectivity index (χ0) is 21.6. The van der Waals surface area contributed by atoms with Gasteiger partial charge in [0, 0.05) is 24.0 Å². The summed E-state index contributed by atoms with van der Waals surface area (Å²) in [5.74, 6) is 1.24. The van der Waals surface area contributed by atoms with Crippen molar-refractivity contribution in [1.29, 1.82) is 0 Å². The van der Waals surface area contributed by atoms with Gasteiger partial charge in [0.05, 0.1) is 5.75 Å². The summed E-state index contributed by atoms with van der Waals surface area (Å²) >= 11 is 1.30. The lowest BCUT2D eigenvalue weighted by Crippen LogP contribution is -2.18. The lowest BCUT2D eigenvalue weighted by Gasteiger charge is -2.22. The fraction of sp³-hybridized carbons (Fsp3) is 0.381. The molecule has 7 nitrogen and oxygen atoms in total. The van der Waals surface area contributed by atoms with E-state index in [1.807, 2.05) is 33.9 Å². The number of carbonyl (C=O) groups is 1. The van der Waals surface area contributed by atoms with Crippen LogP contribution in [0.15, 0.2) is 53.9 Å². The molecule has 31 heavy (non-hydrogen) atoms. The van der Waals surface area contributed by atoms with Crippen molar-refractivity contribution in [2.24, 2.45) is 0 Å². The van der Waals surface area contributed by atoms with E-state index in [0.29, 0.717) is 16.8 Å². The summed E-state index contributed by atoms with van der Waals surface area (Å²) in [6.07, 6.45) is 9.69. The number of hydrogen-bond donors (Lipinski definition) is 1. The molecule has 10 heteroatoms. The van der Waals surface area contributed by atoms with Gasteiger partial charge in [-0.25, -0.2) is 4.68 Å². The molecule has 1 saturated carbocycles. The van der Waals surface area contributed by atoms with E-state index in [4.69, 9.17) is 0 Å². The molecule has 0 bridgehead atoms. The second kappa shape index (κ2) is 9.95. The van der Waals surface area contributed by atoms with E-state index in [0.717, 1.165) is 18.7 Å². The Bertz CT molecular complexity index is 986. The van der Waals surface area contributed by atoms with Gasteiger partial charge in [-0.05, 0) is 49.2 Å². The van der Waals surface area contributed by atoms with Crippen molar-refractivity contribution in [3.63, 3.8) is 0 Å². The average molecular weight is 448 g/mol. The number of nitrogens with zero attached hydrogens (tertiary/aromatic N) is 4. The van der Waals surface area contributed by atoms with E-state index < -0.39 is 6.61 Å². The van der Waals surface area contributed by atoms with E-state index >= 15 is 0 Å². The monoisotopic (exact) mass is 447 g/mol. The Hall–Kier alpha value is -2.88. The van der Waals surface area contributed by atoms with Crippen LogP contribution in [0.2, 0.25) is 0 Å². The number of thioether (sulfide) groups is 1. The third-order valence-corrected chi connectivity index (χ3v) is 6.04. The zero-order valence-electron chi connectivity index (χ0n) is 16.8. The minimum absolute atomic E-state index is 0.0393. The van der Waals surface area contributed by atoms with Crippen LogP contribution in [-0.2, 0) is 4.79 Å². The van der Waals surface area contributed by atoms with Crippen LogP contribution in [0.3, 0.4) is 0 Å². The highest BCUT2D eigenvalue weighted by Gasteiger charge is 2.24. The van der Waals surface area contributed by atoms with Crippen LogP contribution in [0.4, 0.5) is 14.5 Å². The molecule has 0 spiro atoms. The number of hydrogen-bond acceptors (Lipinski definition) is 5. The van der Waals surface area contributed by atoms with Crippen LogP contribution >= 0.6 is 11.8 Å². The summed E-state index contributed by atoms with van der Waals surface area (Å²) in [6.45, 7) is -2.88. The summed E-state index contributed by atoms with van der Waals surface area (Å²) in [6, 6.07) is 9.68. The molecule has 2 aromatic heterocycles. The average Bonchev–Trinajstić information content (AvgIpc) is 3.43. The SMILES string of the molecule is O=C(CSc1nnc(C2CCCCC2)n1-n1cccc1)Nc1ccc(OC(F)F)cc1. The van der Waals surface area contributed by atoms with E-state index in [1.165, 1.54) is 55.3 Å². The lowest BCUT2D eigenvalue weighted by molar-refractivity contribution is -0.113. The smallest absolute Gasteiger partial charge is 0.387 e. The third kappa shape index (κ3) is 5.43. The van der Waals surface area contributed by atoms with Crippen molar-refractivity contribution >= 4 is 23.4 Å². The summed E-state index contributed by atoms with van der Waals surface area (Å²) < 4.78 is 32.7. The molecular weight excluding hydrogens is 424 g/mol. The highest BCUT2D eigenvalue weighted by Crippen LogP contribution is 2.33. The molecule has 0 aliphatic heterocycles. The fourth-order valence-electron chi connectivity index (χ4n) is 3.70. The van der Waals surface area contributed by atoms with E-state index in [-0.39, 0.29) is 17.4 Å². The van der Waals surface area contributed by atoms with Crippen molar-refractivity contribution in [3.05, 3.63) is 54.6 Å². The Kier molecular flexibility index (Phi) is 6.86. The number of rotatable bonds is 8. The van der Waals surface area contributed by atoms with Gasteiger partial charge in [-0.1, -0.05) is 31.0 Å². The van der Waals surface area contributed by atoms with Crippen LogP contribution in [0, 0.1) is 0 Å². The Balaban J connectivity index is 1.42. The van der Waals surface area contributed by atoms with Gasteiger partial charge in [-0.3, -0.25) is 9.47 Å². The number of alkyl halides is 2. The van der Waals surface area contributed by atoms with Gasteiger partial charge in [0.2, 0.25) is 11.1 Å². The molecule has 0 atom stereocenters. The molecule has 0 saturated heterocycles. The molecular formula is C21H23F2N5O2S. The first-order chi connectivity index (χ1) is 15.1. The Morgan fingerprint density at radius 2 is 1.84 bits per heavy atom. The maximum Gasteiger partial charge on any atom is 0.387 e. The molecule has 3 aromatic rings. The van der Waals surface area contributed by atoms with Crippen molar-refractivity contribution < 1.29 is 18.3 Å². The van der Waals surface area contributed by atoms with Crippen LogP contribution < -0.4 is 10.1 Å². The number of halogens is 2. The number of anilines is 1. The number of amides is 1. The Morgan fingerprint density at radius 1 is 1.13 bits per heavy atom. The summed E-state index contributed by atoms with van der Waals surface area (Å²) in [4.78, 5) is 12.4. The van der Waals surface area contributed by atoms with Crippen molar-refractivity contribution in [2.45, 2.75) is 49.8 Å². The van der Waals surface area contributed by atoms with Crippen molar-refractivity contribution in [3.8, 4) is 5.75 Å². The summed E-state index contributed by atoms with van der Waals surface area (Å²) in [7, 11) is 0. The third-order valence-electron chi connectivity index (χ3n) is 5.12. The Morgan fingerprint density at radius 3 is 2.52 bits per heavy atom. The second-order valence-electron chi connectivity index (χ2n) is 7.29. The lowest BCUT2D eigenvalue weighted by atomic mass is 9.89. The Labute approximate surface area is 182 Å². The van der Waals surface area contributed by atoms with Gasteiger partial charge in [-0.15, -0.1) is 10.2 Å². The first-order valence-electron chi connectivity index (χ1n) is 10.2. The molecule has 1 aliphatic carbocycles. The highest BCUT2D eigenvalue weighted by atomic mass is 32.2. The number of nitrogens with one attached hydrogen (secondary N) is 1. The normalized spacial score (nSPS) is 14.7. The van der Waals surface area contributed by atoms with Gasteiger partial charge < -0.3 is 10.1 Å². The van der Waals surface area contributed by atoms with Gasteiger partial charge in [0.1, 0.15) is 5.75 Å². The van der Waals surface area contributed by atoms with Crippen LogP contribution in [0.25, 0.3) is 0 Å². The van der Waals surface area contributed by atoms with Gasteiger partial charge >= 0.3 is 6.61 Å². The second-order valence-corrected chi connectivity index (χ2v) is 8.23. The van der Waals surface area contributed by atoms with Crippen LogP contribution in [-0.4, -0.2) is 37.8 Å². The molecule has 164 valence electrons. The number of aromatic nitrogens is 4. The fourth-order valence-corrected chi connectivity index (χ4v) is 4.45. The maximum absolute atomic E-state index is 12.4. The quantitative estimate of drug-likeness (QED) is 0.504. The topological polar surface area (TPSA) is 74.0 Å². The van der Waals surface area contributed by atoms with Gasteiger partial charge in [0.15, 0.2) is 5.82 Å². The zero-order valence-corrected chi connectivity index (χ0v) is 17.6. The molecule has 1 N–H and O–H groups in total. The largest absolute Gasteiger partial charge is 0.435 e. The molecule has 1 amide bonds.